The van der Waals surface area contributed by atoms with Crippen molar-refractivity contribution in [3.63, 3.8) is 0 Å². The Labute approximate surface area is 137 Å². The van der Waals surface area contributed by atoms with E-state index in [-0.39, 0.29) is 0 Å². The van der Waals surface area contributed by atoms with E-state index < -0.39 is 0 Å². The van der Waals surface area contributed by atoms with Crippen molar-refractivity contribution in [3.05, 3.63) is 81.7 Å². The van der Waals surface area contributed by atoms with E-state index in [9.17, 15) is 0 Å². The summed E-state index contributed by atoms with van der Waals surface area (Å²) in [6.07, 6.45) is 0. The molecule has 2 aromatic carbocycles. The van der Waals surface area contributed by atoms with Gasteiger partial charge in [-0.15, -0.1) is 0 Å². The van der Waals surface area contributed by atoms with Crippen LogP contribution in [0.1, 0.15) is 11.1 Å². The minimum atomic E-state index is 0.309. The summed E-state index contributed by atoms with van der Waals surface area (Å²) in [6.45, 7) is 0. The van der Waals surface area contributed by atoms with Crippen LogP contribution in [0.3, 0.4) is 0 Å². The van der Waals surface area contributed by atoms with Gasteiger partial charge in [0.2, 0.25) is 0 Å². The van der Waals surface area contributed by atoms with E-state index >= 15 is 0 Å². The fraction of sp³-hybridized carbons (Fsp3) is 0. The Balaban J connectivity index is 2.03. The van der Waals surface area contributed by atoms with Crippen LogP contribution in [-0.4, -0.2) is 15.0 Å². The Hall–Kier alpha value is -0.601. The Morgan fingerprint density at radius 2 is 1.05 bits per heavy atom. The predicted molar refractivity (Wildman–Crippen MR) is 92.4 cm³/mol. The second-order valence-corrected chi connectivity index (χ2v) is 7.07. The van der Waals surface area contributed by atoms with Gasteiger partial charge in [0.25, 0.3) is 0 Å². The van der Waals surface area contributed by atoms with Crippen molar-refractivity contribution >= 4 is 55.8 Å². The Bertz CT molecular complexity index is 521. The van der Waals surface area contributed by atoms with Crippen molar-refractivity contribution < 1.29 is 0 Å². The summed E-state index contributed by atoms with van der Waals surface area (Å²) in [5.41, 5.74) is 2.43. The molecule has 0 heterocycles. The number of halogens is 2. The number of hydrogen-bond donors (Lipinski definition) is 0. The van der Waals surface area contributed by atoms with E-state index in [0.717, 1.165) is 8.96 Å². The fourth-order valence-electron chi connectivity index (χ4n) is 1.48. The average molecular weight is 443 g/mol. The summed E-state index contributed by atoms with van der Waals surface area (Å²) >= 11 is 7.56. The molecule has 0 nitrogen and oxygen atoms in total. The number of hydrogen-bond acceptors (Lipinski definition) is 0. The summed E-state index contributed by atoms with van der Waals surface area (Å²) in [6, 6.07) is 20.7. The molecule has 0 aliphatic heterocycles. The van der Waals surface area contributed by atoms with Crippen LogP contribution < -0.4 is 0 Å². The van der Waals surface area contributed by atoms with Crippen molar-refractivity contribution in [1.29, 1.82) is 0 Å². The molecule has 0 N–H and O–H groups in total. The third-order valence-electron chi connectivity index (χ3n) is 2.44. The Morgan fingerprint density at radius 1 is 0.684 bits per heavy atom. The molecule has 0 unspecified atom stereocenters. The molecule has 0 saturated carbocycles. The normalized spacial score (nSPS) is 12.5. The van der Waals surface area contributed by atoms with Crippen LogP contribution in [0.4, 0.5) is 0 Å². The molecule has 0 aromatic heterocycles. The molecule has 19 heavy (non-hydrogen) atoms. The minimum absolute atomic E-state index is 0.309. The molecule has 0 saturated heterocycles. The molecule has 0 amide bonds. The van der Waals surface area contributed by atoms with Gasteiger partial charge in [-0.05, 0) is 0 Å². The molecule has 0 spiro atoms. The quantitative estimate of drug-likeness (QED) is 0.550. The molecule has 2 aromatic rings. The van der Waals surface area contributed by atoms with Gasteiger partial charge in [-0.25, -0.2) is 0 Å². The monoisotopic (exact) mass is 442 g/mol. The Kier molecular flexibility index (Phi) is 6.12. The van der Waals surface area contributed by atoms with Gasteiger partial charge in [-0.2, -0.15) is 0 Å². The van der Waals surface area contributed by atoms with Gasteiger partial charge in [0.15, 0.2) is 0 Å². The number of benzene rings is 2. The summed E-state index contributed by atoms with van der Waals surface area (Å²) in [5, 5.41) is 0. The van der Waals surface area contributed by atoms with Gasteiger partial charge in [0.1, 0.15) is 0 Å². The maximum atomic E-state index is 3.62. The Morgan fingerprint density at radius 3 is 1.42 bits per heavy atom. The van der Waals surface area contributed by atoms with Gasteiger partial charge >= 0.3 is 138 Å². The SMILES string of the molecule is Br/C(=C\[Se]/C=C(\Br)c1ccccc1)c1ccccc1. The van der Waals surface area contributed by atoms with Crippen LogP contribution >= 0.6 is 31.9 Å². The van der Waals surface area contributed by atoms with Crippen molar-refractivity contribution in [2.75, 3.05) is 0 Å². The maximum absolute atomic E-state index is 3.62. The molecular weight excluding hydrogens is 431 g/mol. The molecule has 2 rings (SSSR count). The molecule has 0 radical (unpaired) electrons. The van der Waals surface area contributed by atoms with E-state index in [4.69, 9.17) is 0 Å². The standard InChI is InChI=1S/C16H12Br2Se/c17-15(13-7-3-1-4-8-13)11-19-12-16(18)14-9-5-2-6-10-14/h1-12H/b15-11-,16-12-. The molecule has 0 aliphatic carbocycles. The first-order valence-electron chi connectivity index (χ1n) is 5.75. The van der Waals surface area contributed by atoms with Gasteiger partial charge in [0.05, 0.1) is 0 Å². The molecule has 3 heteroatoms. The predicted octanol–water partition coefficient (Wildman–Crippen LogP) is 5.48. The van der Waals surface area contributed by atoms with Crippen molar-refractivity contribution in [3.8, 4) is 0 Å². The van der Waals surface area contributed by atoms with Gasteiger partial charge in [-0.3, -0.25) is 0 Å². The zero-order valence-corrected chi connectivity index (χ0v) is 15.0. The summed E-state index contributed by atoms with van der Waals surface area (Å²) in [7, 11) is 0. The van der Waals surface area contributed by atoms with Crippen molar-refractivity contribution in [2.45, 2.75) is 0 Å². The van der Waals surface area contributed by atoms with Crippen molar-refractivity contribution in [2.24, 2.45) is 0 Å². The zero-order valence-electron chi connectivity index (χ0n) is 10.1. The molecular formula is C16H12Br2Se. The second kappa shape index (κ2) is 7.86. The van der Waals surface area contributed by atoms with Crippen LogP contribution in [0.25, 0.3) is 8.96 Å². The molecule has 0 atom stereocenters. The van der Waals surface area contributed by atoms with Crippen LogP contribution in [0, 0.1) is 0 Å². The first-order valence-corrected chi connectivity index (χ1v) is 9.31. The second-order valence-electron chi connectivity index (χ2n) is 3.80. The molecule has 0 bridgehead atoms. The van der Waals surface area contributed by atoms with Gasteiger partial charge in [-0.1, -0.05) is 0 Å². The molecule has 0 fully saturated rings. The zero-order chi connectivity index (χ0) is 13.5. The summed E-state index contributed by atoms with van der Waals surface area (Å²) < 4.78 is 2.30. The van der Waals surface area contributed by atoms with E-state index in [1.165, 1.54) is 11.1 Å². The van der Waals surface area contributed by atoms with Gasteiger partial charge < -0.3 is 0 Å². The molecule has 96 valence electrons. The first-order chi connectivity index (χ1) is 9.27. The third-order valence-corrected chi connectivity index (χ3v) is 6.74. The summed E-state index contributed by atoms with van der Waals surface area (Å²) in [5.74, 6) is 0. The average Bonchev–Trinajstić information content (AvgIpc) is 2.49. The topological polar surface area (TPSA) is 0 Å². The van der Waals surface area contributed by atoms with E-state index in [1.54, 1.807) is 0 Å². The van der Waals surface area contributed by atoms with Gasteiger partial charge in [0, 0.05) is 0 Å². The van der Waals surface area contributed by atoms with E-state index in [0.29, 0.717) is 15.0 Å². The first kappa shape index (κ1) is 14.8. The van der Waals surface area contributed by atoms with Crippen LogP contribution in [0.15, 0.2) is 70.6 Å². The number of rotatable bonds is 4. The third kappa shape index (κ3) is 4.77. The summed E-state index contributed by atoms with van der Waals surface area (Å²) in [4.78, 5) is 4.46. The van der Waals surface area contributed by atoms with E-state index in [2.05, 4.69) is 66.1 Å². The van der Waals surface area contributed by atoms with Crippen LogP contribution in [0.2, 0.25) is 0 Å². The van der Waals surface area contributed by atoms with Crippen molar-refractivity contribution in [1.82, 2.24) is 0 Å². The molecule has 0 aliphatic rings. The van der Waals surface area contributed by atoms with Crippen LogP contribution in [-0.2, 0) is 0 Å². The van der Waals surface area contributed by atoms with E-state index in [1.807, 2.05) is 36.4 Å². The van der Waals surface area contributed by atoms with Crippen LogP contribution in [0.5, 0.6) is 0 Å². The fourth-order valence-corrected chi connectivity index (χ4v) is 4.35.